The van der Waals surface area contributed by atoms with Gasteiger partial charge in [0.1, 0.15) is 5.75 Å². The number of methoxy groups -OCH3 is 1. The molecule has 0 radical (unpaired) electrons. The van der Waals surface area contributed by atoms with E-state index >= 15 is 0 Å². The van der Waals surface area contributed by atoms with Crippen LogP contribution in [-0.4, -0.2) is 7.11 Å². The van der Waals surface area contributed by atoms with E-state index in [1.807, 2.05) is 12.1 Å². The van der Waals surface area contributed by atoms with Crippen molar-refractivity contribution in [2.45, 2.75) is 40.2 Å². The zero-order valence-corrected chi connectivity index (χ0v) is 12.0. The summed E-state index contributed by atoms with van der Waals surface area (Å²) in [4.78, 5) is 0. The van der Waals surface area contributed by atoms with E-state index in [0.29, 0.717) is 6.42 Å². The van der Waals surface area contributed by atoms with Gasteiger partial charge < -0.3 is 10.5 Å². The first kappa shape index (κ1) is 14.6. The van der Waals surface area contributed by atoms with Crippen molar-refractivity contribution >= 4 is 0 Å². The average molecular weight is 245 g/mol. The fourth-order valence-corrected chi connectivity index (χ4v) is 1.68. The van der Waals surface area contributed by atoms with Gasteiger partial charge in [-0.3, -0.25) is 0 Å². The summed E-state index contributed by atoms with van der Waals surface area (Å²) in [6.45, 7) is 8.34. The van der Waals surface area contributed by atoms with E-state index in [1.54, 1.807) is 7.11 Å². The maximum atomic E-state index is 6.19. The van der Waals surface area contributed by atoms with Crippen LogP contribution in [0.1, 0.15) is 44.4 Å². The highest BCUT2D eigenvalue weighted by Gasteiger charge is 2.11. The van der Waals surface area contributed by atoms with E-state index in [1.165, 1.54) is 5.56 Å². The van der Waals surface area contributed by atoms with E-state index < -0.39 is 0 Å². The maximum Gasteiger partial charge on any atom is 0.123 e. The molecule has 0 aromatic heterocycles. The third-order valence-corrected chi connectivity index (χ3v) is 2.57. The highest BCUT2D eigenvalue weighted by Crippen LogP contribution is 2.26. The molecule has 0 aliphatic carbocycles. The van der Waals surface area contributed by atoms with Crippen molar-refractivity contribution in [2.24, 2.45) is 11.1 Å². The normalized spacial score (nSPS) is 12.6. The quantitative estimate of drug-likeness (QED) is 0.828. The van der Waals surface area contributed by atoms with Crippen molar-refractivity contribution in [1.29, 1.82) is 0 Å². The molecule has 18 heavy (non-hydrogen) atoms. The standard InChI is InChI=1S/C16H23NO/c1-12-8-9-15(18-5)13(11-12)14(17)7-6-10-16(2,3)4/h8-9,11,14H,7,17H2,1-5H3. The summed E-state index contributed by atoms with van der Waals surface area (Å²) in [7, 11) is 1.67. The number of ether oxygens (including phenoxy) is 1. The Morgan fingerprint density at radius 3 is 2.56 bits per heavy atom. The number of hydrogen-bond acceptors (Lipinski definition) is 2. The molecule has 0 saturated carbocycles. The number of rotatable bonds is 3. The van der Waals surface area contributed by atoms with E-state index in [9.17, 15) is 0 Å². The molecule has 0 bridgehead atoms. The summed E-state index contributed by atoms with van der Waals surface area (Å²) < 4.78 is 5.34. The minimum absolute atomic E-state index is 0.0242. The molecular formula is C16H23NO. The summed E-state index contributed by atoms with van der Waals surface area (Å²) in [6.07, 6.45) is 0.650. The van der Waals surface area contributed by atoms with E-state index in [4.69, 9.17) is 10.5 Å². The lowest BCUT2D eigenvalue weighted by molar-refractivity contribution is 0.406. The topological polar surface area (TPSA) is 35.2 Å². The third-order valence-electron chi connectivity index (χ3n) is 2.57. The van der Waals surface area contributed by atoms with Crippen LogP contribution in [-0.2, 0) is 0 Å². The Labute approximate surface area is 111 Å². The first-order valence-corrected chi connectivity index (χ1v) is 6.23. The van der Waals surface area contributed by atoms with Gasteiger partial charge in [0, 0.05) is 23.4 Å². The second kappa shape index (κ2) is 5.93. The van der Waals surface area contributed by atoms with Crippen LogP contribution < -0.4 is 10.5 Å². The molecule has 0 aliphatic heterocycles. The maximum absolute atomic E-state index is 6.19. The van der Waals surface area contributed by atoms with Crippen LogP contribution in [0.25, 0.3) is 0 Å². The summed E-state index contributed by atoms with van der Waals surface area (Å²) in [5.41, 5.74) is 8.42. The van der Waals surface area contributed by atoms with Gasteiger partial charge in [-0.2, -0.15) is 0 Å². The van der Waals surface area contributed by atoms with Gasteiger partial charge in [-0.15, -0.1) is 5.92 Å². The van der Waals surface area contributed by atoms with Crippen molar-refractivity contribution < 1.29 is 4.74 Å². The Morgan fingerprint density at radius 1 is 1.33 bits per heavy atom. The summed E-state index contributed by atoms with van der Waals surface area (Å²) in [6, 6.07) is 5.95. The fourth-order valence-electron chi connectivity index (χ4n) is 1.68. The zero-order valence-electron chi connectivity index (χ0n) is 12.0. The fraction of sp³-hybridized carbons (Fsp3) is 0.500. The monoisotopic (exact) mass is 245 g/mol. The van der Waals surface area contributed by atoms with Crippen LogP contribution >= 0.6 is 0 Å². The number of nitrogens with two attached hydrogens (primary N) is 1. The predicted octanol–water partition coefficient (Wildman–Crippen LogP) is 3.44. The van der Waals surface area contributed by atoms with Crippen molar-refractivity contribution in [3.05, 3.63) is 29.3 Å². The summed E-state index contributed by atoms with van der Waals surface area (Å²) >= 11 is 0. The van der Waals surface area contributed by atoms with E-state index in [2.05, 4.69) is 45.6 Å². The van der Waals surface area contributed by atoms with Gasteiger partial charge in [0.05, 0.1) is 7.11 Å². The van der Waals surface area contributed by atoms with Crippen LogP contribution in [0, 0.1) is 24.2 Å². The second-order valence-corrected chi connectivity index (χ2v) is 5.61. The molecule has 2 N–H and O–H groups in total. The van der Waals surface area contributed by atoms with Gasteiger partial charge in [0.15, 0.2) is 0 Å². The molecule has 1 atom stereocenters. The number of hydrogen-bond donors (Lipinski definition) is 1. The second-order valence-electron chi connectivity index (χ2n) is 5.61. The predicted molar refractivity (Wildman–Crippen MR) is 76.5 cm³/mol. The molecule has 2 heteroatoms. The van der Waals surface area contributed by atoms with Gasteiger partial charge in [-0.05, 0) is 33.8 Å². The third kappa shape index (κ3) is 4.43. The lowest BCUT2D eigenvalue weighted by Crippen LogP contribution is -2.11. The molecule has 1 unspecified atom stereocenters. The van der Waals surface area contributed by atoms with E-state index in [-0.39, 0.29) is 11.5 Å². The molecule has 0 aliphatic rings. The molecule has 1 aromatic carbocycles. The molecule has 98 valence electrons. The largest absolute Gasteiger partial charge is 0.496 e. The molecule has 0 spiro atoms. The Morgan fingerprint density at radius 2 is 2.00 bits per heavy atom. The zero-order chi connectivity index (χ0) is 13.8. The lowest BCUT2D eigenvalue weighted by Gasteiger charge is -2.14. The Balaban J connectivity index is 2.86. The van der Waals surface area contributed by atoms with Gasteiger partial charge in [-0.25, -0.2) is 0 Å². The molecule has 1 rings (SSSR count). The Hall–Kier alpha value is -1.46. The summed E-state index contributed by atoms with van der Waals surface area (Å²) in [5.74, 6) is 7.21. The van der Waals surface area contributed by atoms with Crippen molar-refractivity contribution in [3.63, 3.8) is 0 Å². The highest BCUT2D eigenvalue weighted by atomic mass is 16.5. The smallest absolute Gasteiger partial charge is 0.123 e. The lowest BCUT2D eigenvalue weighted by atomic mass is 9.96. The van der Waals surface area contributed by atoms with Crippen LogP contribution in [0.2, 0.25) is 0 Å². The van der Waals surface area contributed by atoms with Crippen molar-refractivity contribution in [2.75, 3.05) is 7.11 Å². The molecule has 1 aromatic rings. The highest BCUT2D eigenvalue weighted by molar-refractivity contribution is 5.39. The SMILES string of the molecule is COc1ccc(C)cc1C(N)CC#CC(C)(C)C. The first-order valence-electron chi connectivity index (χ1n) is 6.23. The molecule has 0 fully saturated rings. The molecule has 0 heterocycles. The minimum atomic E-state index is -0.102. The molecular weight excluding hydrogens is 222 g/mol. The van der Waals surface area contributed by atoms with Crippen LogP contribution in [0.3, 0.4) is 0 Å². The number of aryl methyl sites for hydroxylation is 1. The average Bonchev–Trinajstić information content (AvgIpc) is 2.27. The Kier molecular flexibility index (Phi) is 4.81. The van der Waals surface area contributed by atoms with Crippen LogP contribution in [0.5, 0.6) is 5.75 Å². The van der Waals surface area contributed by atoms with Gasteiger partial charge in [0.2, 0.25) is 0 Å². The van der Waals surface area contributed by atoms with Gasteiger partial charge in [0.25, 0.3) is 0 Å². The Bertz CT molecular complexity index is 460. The van der Waals surface area contributed by atoms with Crippen molar-refractivity contribution in [3.8, 4) is 17.6 Å². The summed E-state index contributed by atoms with van der Waals surface area (Å²) in [5, 5.41) is 0. The van der Waals surface area contributed by atoms with Crippen LogP contribution in [0.15, 0.2) is 18.2 Å². The first-order chi connectivity index (χ1) is 8.33. The number of benzene rings is 1. The molecule has 2 nitrogen and oxygen atoms in total. The molecule has 0 saturated heterocycles. The molecule has 0 amide bonds. The van der Waals surface area contributed by atoms with Crippen molar-refractivity contribution in [1.82, 2.24) is 0 Å². The van der Waals surface area contributed by atoms with Crippen LogP contribution in [0.4, 0.5) is 0 Å². The van der Waals surface area contributed by atoms with Gasteiger partial charge >= 0.3 is 0 Å². The minimum Gasteiger partial charge on any atom is -0.496 e. The van der Waals surface area contributed by atoms with E-state index in [0.717, 1.165) is 11.3 Å². The van der Waals surface area contributed by atoms with Gasteiger partial charge in [-0.1, -0.05) is 23.6 Å².